The van der Waals surface area contributed by atoms with Crippen LogP contribution in [0, 0.1) is 0 Å². The third kappa shape index (κ3) is 7.69. The zero-order valence-electron chi connectivity index (χ0n) is 25.4. The molecule has 0 spiro atoms. The van der Waals surface area contributed by atoms with Crippen molar-refractivity contribution >= 4 is 34.4 Å². The fourth-order valence-corrected chi connectivity index (χ4v) is 4.81. The minimum Gasteiger partial charge on any atom is -0.507 e. The van der Waals surface area contributed by atoms with Crippen LogP contribution in [0.25, 0.3) is 0 Å². The molecular weight excluding hydrogens is 508 g/mol. The van der Waals surface area contributed by atoms with Crippen LogP contribution >= 0.6 is 24.4 Å². The van der Waals surface area contributed by atoms with Gasteiger partial charge in [-0.25, -0.2) is 0 Å². The average molecular weight is 557 g/mol. The second-order valence-electron chi connectivity index (χ2n) is 14.4. The zero-order valence-corrected chi connectivity index (χ0v) is 27.1. The molecule has 0 atom stereocenters. The average Bonchev–Trinajstić information content (AvgIpc) is 2.73. The molecule has 0 radical (unpaired) electrons. The summed E-state index contributed by atoms with van der Waals surface area (Å²) in [4.78, 5) is 1.28. The number of benzene rings is 2. The number of phenolic OH excluding ortho intramolecular Hbond substituents is 2. The second-order valence-corrected chi connectivity index (χ2v) is 15.2. The van der Waals surface area contributed by atoms with Crippen LogP contribution in [0.1, 0.15) is 116 Å². The molecule has 2 rings (SSSR count). The number of rotatable bonds is 5. The Kier molecular flexibility index (Phi) is 9.38. The van der Waals surface area contributed by atoms with Crippen LogP contribution in [0.15, 0.2) is 24.3 Å². The number of thiocarbonyl (C=S) groups is 2. The van der Waals surface area contributed by atoms with Crippen LogP contribution in [0.3, 0.4) is 0 Å². The highest BCUT2D eigenvalue weighted by Crippen LogP contribution is 2.41. The molecule has 4 nitrogen and oxygen atoms in total. The lowest BCUT2D eigenvalue weighted by Crippen LogP contribution is -2.34. The molecule has 0 heterocycles. The molecule has 0 aliphatic heterocycles. The molecule has 6 heteroatoms. The number of hydrogen-bond donors (Lipinski definition) is 4. The SMILES string of the molecule is CC(C)(C)c1cc(C(=S)NCCNC(=S)c2cc(C(C)(C)C)c(O)c(C(C)(C)C)c2)cc(C(C)(C)C)c1O. The Morgan fingerprint density at radius 1 is 0.526 bits per heavy atom. The lowest BCUT2D eigenvalue weighted by atomic mass is 9.78. The molecular formula is C32H48N2O2S2. The van der Waals surface area contributed by atoms with Crippen molar-refractivity contribution in [3.05, 3.63) is 57.6 Å². The Bertz CT molecular complexity index is 1040. The maximum absolute atomic E-state index is 11.0. The van der Waals surface area contributed by atoms with E-state index in [9.17, 15) is 10.2 Å². The van der Waals surface area contributed by atoms with Gasteiger partial charge in [-0.1, -0.05) is 108 Å². The third-order valence-electron chi connectivity index (χ3n) is 6.67. The van der Waals surface area contributed by atoms with Gasteiger partial charge in [-0.15, -0.1) is 0 Å². The van der Waals surface area contributed by atoms with E-state index in [-0.39, 0.29) is 21.7 Å². The monoisotopic (exact) mass is 556 g/mol. The topological polar surface area (TPSA) is 64.5 Å². The summed E-state index contributed by atoms with van der Waals surface area (Å²) in [5.74, 6) is 0.698. The molecule has 0 saturated carbocycles. The number of phenols is 2. The summed E-state index contributed by atoms with van der Waals surface area (Å²) in [5.41, 5.74) is 4.49. The van der Waals surface area contributed by atoms with Gasteiger partial charge in [0.25, 0.3) is 0 Å². The molecule has 210 valence electrons. The summed E-state index contributed by atoms with van der Waals surface area (Å²) >= 11 is 11.5. The van der Waals surface area contributed by atoms with E-state index in [1.807, 2.05) is 24.3 Å². The Morgan fingerprint density at radius 2 is 0.737 bits per heavy atom. The zero-order chi connectivity index (χ0) is 29.4. The lowest BCUT2D eigenvalue weighted by Gasteiger charge is -2.28. The Balaban J connectivity index is 2.20. The van der Waals surface area contributed by atoms with Crippen LogP contribution in [0.2, 0.25) is 0 Å². The molecule has 0 fully saturated rings. The Labute approximate surface area is 241 Å². The van der Waals surface area contributed by atoms with E-state index in [1.165, 1.54) is 0 Å². The van der Waals surface area contributed by atoms with Gasteiger partial charge in [-0.05, 0) is 45.9 Å². The minimum atomic E-state index is -0.217. The van der Waals surface area contributed by atoms with Crippen molar-refractivity contribution in [3.63, 3.8) is 0 Å². The van der Waals surface area contributed by atoms with Crippen molar-refractivity contribution in [2.45, 2.75) is 105 Å². The van der Waals surface area contributed by atoms with Gasteiger partial charge in [0.2, 0.25) is 0 Å². The van der Waals surface area contributed by atoms with Crippen LogP contribution in [-0.2, 0) is 21.7 Å². The van der Waals surface area contributed by atoms with E-state index in [4.69, 9.17) is 24.4 Å². The van der Waals surface area contributed by atoms with Crippen LogP contribution in [0.4, 0.5) is 0 Å². The summed E-state index contributed by atoms with van der Waals surface area (Å²) in [6.07, 6.45) is 0. The second kappa shape index (κ2) is 11.1. The molecule has 38 heavy (non-hydrogen) atoms. The Morgan fingerprint density at radius 3 is 0.921 bits per heavy atom. The van der Waals surface area contributed by atoms with E-state index in [0.29, 0.717) is 34.6 Å². The van der Waals surface area contributed by atoms with Crippen molar-refractivity contribution in [2.75, 3.05) is 13.1 Å². The van der Waals surface area contributed by atoms with Gasteiger partial charge >= 0.3 is 0 Å². The lowest BCUT2D eigenvalue weighted by molar-refractivity contribution is 0.422. The first kappa shape index (κ1) is 32.0. The van der Waals surface area contributed by atoms with E-state index >= 15 is 0 Å². The predicted molar refractivity (Wildman–Crippen MR) is 170 cm³/mol. The highest BCUT2D eigenvalue weighted by Gasteiger charge is 2.28. The highest BCUT2D eigenvalue weighted by molar-refractivity contribution is 7.81. The van der Waals surface area contributed by atoms with E-state index in [2.05, 4.69) is 93.7 Å². The van der Waals surface area contributed by atoms with Gasteiger partial charge in [0, 0.05) is 46.5 Å². The van der Waals surface area contributed by atoms with Crippen LogP contribution in [-0.4, -0.2) is 33.3 Å². The van der Waals surface area contributed by atoms with Crippen molar-refractivity contribution in [3.8, 4) is 11.5 Å². The molecule has 0 bridgehead atoms. The van der Waals surface area contributed by atoms with Gasteiger partial charge in [0.15, 0.2) is 0 Å². The molecule has 0 aliphatic rings. The predicted octanol–water partition coefficient (Wildman–Crippen LogP) is 7.52. The smallest absolute Gasteiger partial charge is 0.123 e. The Hall–Kier alpha value is -2.18. The van der Waals surface area contributed by atoms with E-state index in [0.717, 1.165) is 33.4 Å². The standard InChI is InChI=1S/C32H48N2O2S2/c1-29(2,3)21-15-19(16-22(25(21)35)30(4,5)6)27(37)33-13-14-34-28(38)20-17-23(31(7,8)9)26(36)24(18-20)32(10,11)12/h15-18,35-36H,13-14H2,1-12H3,(H,33,37)(H,34,38). The summed E-state index contributed by atoms with van der Waals surface area (Å²) in [6, 6.07) is 7.99. The third-order valence-corrected chi connectivity index (χ3v) is 7.43. The number of aromatic hydroxyl groups is 2. The van der Waals surface area contributed by atoms with Crippen molar-refractivity contribution in [1.29, 1.82) is 0 Å². The first-order chi connectivity index (χ1) is 17.0. The maximum Gasteiger partial charge on any atom is 0.123 e. The highest BCUT2D eigenvalue weighted by atomic mass is 32.1. The first-order valence-corrected chi connectivity index (χ1v) is 14.2. The summed E-state index contributed by atoms with van der Waals surface area (Å²) in [7, 11) is 0. The van der Waals surface area contributed by atoms with E-state index < -0.39 is 0 Å². The quantitative estimate of drug-likeness (QED) is 0.226. The van der Waals surface area contributed by atoms with Crippen molar-refractivity contribution < 1.29 is 10.2 Å². The molecule has 2 aromatic rings. The molecule has 0 unspecified atom stereocenters. The van der Waals surface area contributed by atoms with Gasteiger partial charge in [-0.3, -0.25) is 0 Å². The summed E-state index contributed by atoms with van der Waals surface area (Å²) < 4.78 is 0. The fraction of sp³-hybridized carbons (Fsp3) is 0.562. The van der Waals surface area contributed by atoms with Crippen molar-refractivity contribution in [2.24, 2.45) is 0 Å². The minimum absolute atomic E-state index is 0.217. The van der Waals surface area contributed by atoms with Crippen LogP contribution < -0.4 is 10.6 Å². The van der Waals surface area contributed by atoms with Crippen molar-refractivity contribution in [1.82, 2.24) is 10.6 Å². The molecule has 0 saturated heterocycles. The molecule has 2 aromatic carbocycles. The van der Waals surface area contributed by atoms with Gasteiger partial charge in [0.1, 0.15) is 21.5 Å². The van der Waals surface area contributed by atoms with Crippen LogP contribution in [0.5, 0.6) is 11.5 Å². The van der Waals surface area contributed by atoms with Gasteiger partial charge in [-0.2, -0.15) is 0 Å². The molecule has 4 N–H and O–H groups in total. The normalized spacial score (nSPS) is 12.8. The number of hydrogen-bond acceptors (Lipinski definition) is 4. The number of nitrogens with one attached hydrogen (secondary N) is 2. The first-order valence-electron chi connectivity index (χ1n) is 13.4. The van der Waals surface area contributed by atoms with Gasteiger partial charge < -0.3 is 20.8 Å². The fourth-order valence-electron chi connectivity index (χ4n) is 4.37. The van der Waals surface area contributed by atoms with E-state index in [1.54, 1.807) is 0 Å². The molecule has 0 aliphatic carbocycles. The summed E-state index contributed by atoms with van der Waals surface area (Å²) in [5, 5.41) is 28.7. The molecule has 0 amide bonds. The largest absolute Gasteiger partial charge is 0.507 e. The van der Waals surface area contributed by atoms with Gasteiger partial charge in [0.05, 0.1) is 0 Å². The summed E-state index contributed by atoms with van der Waals surface area (Å²) in [6.45, 7) is 26.3. The molecule has 0 aromatic heterocycles. The maximum atomic E-state index is 11.0.